The highest BCUT2D eigenvalue weighted by Crippen LogP contribution is 2.25. The molecule has 7 heteroatoms. The van der Waals surface area contributed by atoms with Crippen molar-refractivity contribution in [1.29, 1.82) is 0 Å². The summed E-state index contributed by atoms with van der Waals surface area (Å²) in [6.07, 6.45) is -0.488. The number of halogens is 1. The Morgan fingerprint density at radius 2 is 1.58 bits per heavy atom. The fourth-order valence-electron chi connectivity index (χ4n) is 3.96. The van der Waals surface area contributed by atoms with Gasteiger partial charge in [0, 0.05) is 17.5 Å². The molecule has 1 N–H and O–H groups in total. The van der Waals surface area contributed by atoms with Crippen molar-refractivity contribution >= 4 is 23.7 Å². The monoisotopic (exact) mass is 537 g/mol. The summed E-state index contributed by atoms with van der Waals surface area (Å²) in [5, 5.41) is 11.4. The Bertz CT molecular complexity index is 1220. The molecule has 0 saturated heterocycles. The van der Waals surface area contributed by atoms with Crippen molar-refractivity contribution in [2.75, 3.05) is 6.54 Å². The maximum absolute atomic E-state index is 13.1. The Kier molecular flexibility index (Phi) is 9.95. The first-order valence-corrected chi connectivity index (χ1v) is 13.2. The van der Waals surface area contributed by atoms with E-state index < -0.39 is 17.8 Å². The molecular formula is C31H36ClNO5. The number of rotatable bonds is 9. The van der Waals surface area contributed by atoms with Gasteiger partial charge in [0.2, 0.25) is 0 Å². The molecule has 0 saturated carbocycles. The van der Waals surface area contributed by atoms with E-state index in [0.717, 1.165) is 16.7 Å². The van der Waals surface area contributed by atoms with Gasteiger partial charge in [-0.15, -0.1) is 0 Å². The molecule has 0 aromatic heterocycles. The minimum atomic E-state index is -0.911. The summed E-state index contributed by atoms with van der Waals surface area (Å²) >= 11 is 6.10. The Labute approximate surface area is 230 Å². The number of hydrogen-bond acceptors (Lipinski definition) is 5. The number of carbonyl (C=O) groups excluding carboxylic acids is 2. The van der Waals surface area contributed by atoms with E-state index in [0.29, 0.717) is 29.2 Å². The number of aliphatic hydroxyl groups is 1. The Morgan fingerprint density at radius 1 is 0.974 bits per heavy atom. The van der Waals surface area contributed by atoms with Crippen LogP contribution in [0.1, 0.15) is 58.3 Å². The molecule has 0 unspecified atom stereocenters. The molecule has 0 aliphatic carbocycles. The van der Waals surface area contributed by atoms with Gasteiger partial charge in [0.1, 0.15) is 11.4 Å². The van der Waals surface area contributed by atoms with Crippen LogP contribution in [-0.4, -0.2) is 40.3 Å². The van der Waals surface area contributed by atoms with Crippen molar-refractivity contribution < 1.29 is 24.2 Å². The second-order valence-electron chi connectivity index (χ2n) is 10.3. The number of ether oxygens (including phenoxy) is 2. The molecule has 3 aromatic rings. The molecule has 38 heavy (non-hydrogen) atoms. The minimum absolute atomic E-state index is 0.0729. The molecule has 3 rings (SSSR count). The van der Waals surface area contributed by atoms with E-state index in [4.69, 9.17) is 21.1 Å². The predicted molar refractivity (Wildman–Crippen MR) is 150 cm³/mol. The number of amides is 1. The summed E-state index contributed by atoms with van der Waals surface area (Å²) in [6.45, 7) is 9.23. The van der Waals surface area contributed by atoms with Gasteiger partial charge in [0.05, 0.1) is 12.6 Å². The van der Waals surface area contributed by atoms with Gasteiger partial charge in [-0.25, -0.2) is 4.79 Å². The highest BCUT2D eigenvalue weighted by molar-refractivity contribution is 6.30. The molecule has 0 aliphatic rings. The lowest BCUT2D eigenvalue weighted by atomic mass is 10.00. The molecule has 6 nitrogen and oxygen atoms in total. The molecule has 0 aliphatic heterocycles. The molecular weight excluding hydrogens is 502 g/mol. The second kappa shape index (κ2) is 12.9. The van der Waals surface area contributed by atoms with E-state index in [2.05, 4.69) is 0 Å². The second-order valence-corrected chi connectivity index (χ2v) is 10.7. The average molecular weight is 538 g/mol. The Morgan fingerprint density at radius 3 is 2.13 bits per heavy atom. The third-order valence-corrected chi connectivity index (χ3v) is 6.19. The van der Waals surface area contributed by atoms with E-state index in [9.17, 15) is 14.7 Å². The van der Waals surface area contributed by atoms with Crippen LogP contribution in [0.2, 0.25) is 5.02 Å². The first-order chi connectivity index (χ1) is 17.9. The fourth-order valence-corrected chi connectivity index (χ4v) is 4.16. The van der Waals surface area contributed by atoms with Crippen molar-refractivity contribution in [3.05, 3.63) is 88.9 Å². The van der Waals surface area contributed by atoms with E-state index in [1.54, 1.807) is 48.2 Å². The molecule has 0 fully saturated rings. The van der Waals surface area contributed by atoms with Crippen LogP contribution in [0.4, 0.5) is 4.79 Å². The topological polar surface area (TPSA) is 76.1 Å². The van der Waals surface area contributed by atoms with E-state index in [1.165, 1.54) is 0 Å². The highest BCUT2D eigenvalue weighted by Gasteiger charge is 2.28. The van der Waals surface area contributed by atoms with Crippen LogP contribution in [0.25, 0.3) is 11.1 Å². The zero-order valence-electron chi connectivity index (χ0n) is 22.6. The number of hydrogen-bond donors (Lipinski definition) is 1. The number of nitrogens with zero attached hydrogens (tertiary/aromatic N) is 1. The van der Waals surface area contributed by atoms with Crippen LogP contribution in [0, 0.1) is 0 Å². The Hall–Kier alpha value is -3.35. The lowest BCUT2D eigenvalue weighted by Gasteiger charge is -2.33. The van der Waals surface area contributed by atoms with Gasteiger partial charge in [-0.05, 0) is 80.6 Å². The first kappa shape index (κ1) is 29.2. The number of esters is 1. The van der Waals surface area contributed by atoms with Crippen LogP contribution in [0.3, 0.4) is 0 Å². The minimum Gasteiger partial charge on any atom is -0.444 e. The van der Waals surface area contributed by atoms with Gasteiger partial charge in [-0.2, -0.15) is 0 Å². The summed E-state index contributed by atoms with van der Waals surface area (Å²) in [6, 6.07) is 22.2. The number of aliphatic hydroxyl groups excluding tert-OH is 1. The number of carbonyl (C=O) groups is 2. The zero-order chi connectivity index (χ0) is 27.9. The quantitative estimate of drug-likeness (QED) is 0.230. The molecule has 0 bridgehead atoms. The molecule has 0 spiro atoms. The van der Waals surface area contributed by atoms with Crippen molar-refractivity contribution in [3.8, 4) is 16.9 Å². The molecule has 0 radical (unpaired) electrons. The van der Waals surface area contributed by atoms with Crippen LogP contribution in [0.5, 0.6) is 5.75 Å². The number of benzene rings is 3. The van der Waals surface area contributed by atoms with E-state index >= 15 is 0 Å². The maximum Gasteiger partial charge on any atom is 0.410 e. The van der Waals surface area contributed by atoms with E-state index in [-0.39, 0.29) is 18.6 Å². The average Bonchev–Trinajstić information content (AvgIpc) is 2.86. The van der Waals surface area contributed by atoms with Gasteiger partial charge in [0.25, 0.3) is 0 Å². The van der Waals surface area contributed by atoms with Crippen molar-refractivity contribution in [2.45, 2.75) is 65.2 Å². The summed E-state index contributed by atoms with van der Waals surface area (Å²) < 4.78 is 10.9. The van der Waals surface area contributed by atoms with Crippen molar-refractivity contribution in [2.24, 2.45) is 0 Å². The third-order valence-electron chi connectivity index (χ3n) is 5.96. The van der Waals surface area contributed by atoms with Gasteiger partial charge < -0.3 is 19.5 Å². The summed E-state index contributed by atoms with van der Waals surface area (Å²) in [5.41, 5.74) is 3.04. The van der Waals surface area contributed by atoms with Crippen molar-refractivity contribution in [1.82, 2.24) is 4.90 Å². The lowest BCUT2D eigenvalue weighted by molar-refractivity contribution is -0.134. The van der Waals surface area contributed by atoms with Gasteiger partial charge in [-0.1, -0.05) is 67.1 Å². The molecule has 1 amide bonds. The summed E-state index contributed by atoms with van der Waals surface area (Å²) in [5.74, 6) is 0.255. The van der Waals surface area contributed by atoms with Crippen LogP contribution < -0.4 is 4.74 Å². The maximum atomic E-state index is 13.1. The molecule has 202 valence electrons. The highest BCUT2D eigenvalue weighted by atomic mass is 35.5. The summed E-state index contributed by atoms with van der Waals surface area (Å²) in [7, 11) is 0. The van der Waals surface area contributed by atoms with Gasteiger partial charge >= 0.3 is 12.1 Å². The SMILES string of the molecule is CCC(=O)Oc1ccc(-c2ccc(C[C@@H](C)N(C[C@H](O)c3cccc(Cl)c3)C(=O)OC(C)(C)C)cc2)cc1. The lowest BCUT2D eigenvalue weighted by Crippen LogP contribution is -2.45. The van der Waals surface area contributed by atoms with Crippen LogP contribution in [-0.2, 0) is 16.0 Å². The largest absolute Gasteiger partial charge is 0.444 e. The standard InChI is InChI=1S/C31H36ClNO5/c1-6-29(35)37-27-16-14-24(15-17-27)23-12-10-22(11-13-23)18-21(2)33(30(36)38-31(3,4)5)20-28(34)25-8-7-9-26(32)19-25/h7-17,19,21,28,34H,6,18,20H2,1-5H3/t21-,28+/m1/s1. The Balaban J connectivity index is 1.73. The van der Waals surface area contributed by atoms with Crippen molar-refractivity contribution in [3.63, 3.8) is 0 Å². The fraction of sp³-hybridized carbons (Fsp3) is 0.355. The third kappa shape index (κ3) is 8.61. The van der Waals surface area contributed by atoms with Crippen LogP contribution >= 0.6 is 11.6 Å². The van der Waals surface area contributed by atoms with E-state index in [1.807, 2.05) is 64.1 Å². The smallest absolute Gasteiger partial charge is 0.410 e. The zero-order valence-corrected chi connectivity index (χ0v) is 23.4. The molecule has 3 aromatic carbocycles. The van der Waals surface area contributed by atoms with Crippen LogP contribution in [0.15, 0.2) is 72.8 Å². The first-order valence-electron chi connectivity index (χ1n) is 12.8. The van der Waals surface area contributed by atoms with Gasteiger partial charge in [-0.3, -0.25) is 4.79 Å². The molecule has 0 heterocycles. The predicted octanol–water partition coefficient (Wildman–Crippen LogP) is 7.22. The van der Waals surface area contributed by atoms with Gasteiger partial charge in [0.15, 0.2) is 0 Å². The normalized spacial score (nSPS) is 12.9. The molecule has 2 atom stereocenters. The summed E-state index contributed by atoms with van der Waals surface area (Å²) in [4.78, 5) is 26.2.